The van der Waals surface area contributed by atoms with Gasteiger partial charge in [0, 0.05) is 18.4 Å². The van der Waals surface area contributed by atoms with Crippen LogP contribution in [-0.4, -0.2) is 26.5 Å². The van der Waals surface area contributed by atoms with E-state index < -0.39 is 0 Å². The highest BCUT2D eigenvalue weighted by Crippen LogP contribution is 2.25. The molecular formula is C15H14N6S. The van der Waals surface area contributed by atoms with Gasteiger partial charge in [0.2, 0.25) is 5.95 Å². The number of fused-ring (bicyclic) bond motifs is 2. The van der Waals surface area contributed by atoms with Crippen LogP contribution in [-0.2, 0) is 0 Å². The van der Waals surface area contributed by atoms with E-state index in [9.17, 15) is 0 Å². The van der Waals surface area contributed by atoms with Crippen LogP contribution in [0.2, 0.25) is 0 Å². The molecule has 0 bridgehead atoms. The Bertz CT molecular complexity index is 941. The molecule has 7 heteroatoms. The molecule has 0 atom stereocenters. The third kappa shape index (κ3) is 2.25. The number of thiazole rings is 1. The van der Waals surface area contributed by atoms with Crippen LogP contribution in [0.4, 0.5) is 17.5 Å². The Labute approximate surface area is 130 Å². The normalized spacial score (nSPS) is 11.1. The highest BCUT2D eigenvalue weighted by molar-refractivity contribution is 7.16. The van der Waals surface area contributed by atoms with E-state index in [2.05, 4.69) is 36.6 Å². The Hall–Kier alpha value is -2.67. The number of nitrogens with one attached hydrogen (secondary N) is 3. The standard InChI is InChI=1S/C15H14N6S/c1-2-16-13-10-5-6-17-14(10)21-15(20-13)19-9-3-4-11-12(7-9)22-8-18-11/h3-8H,2H2,1H3,(H3,16,17,19,20,21). The van der Waals surface area contributed by atoms with E-state index in [1.54, 1.807) is 11.3 Å². The molecule has 4 rings (SSSR count). The zero-order chi connectivity index (χ0) is 14.9. The molecule has 0 unspecified atom stereocenters. The van der Waals surface area contributed by atoms with Gasteiger partial charge in [0.05, 0.1) is 21.1 Å². The summed E-state index contributed by atoms with van der Waals surface area (Å²) in [6.45, 7) is 2.86. The van der Waals surface area contributed by atoms with Gasteiger partial charge >= 0.3 is 0 Å². The zero-order valence-corrected chi connectivity index (χ0v) is 12.7. The number of hydrogen-bond acceptors (Lipinski definition) is 6. The van der Waals surface area contributed by atoms with Gasteiger partial charge in [-0.2, -0.15) is 9.97 Å². The Morgan fingerprint density at radius 2 is 2.18 bits per heavy atom. The van der Waals surface area contributed by atoms with Gasteiger partial charge in [-0.25, -0.2) is 4.98 Å². The van der Waals surface area contributed by atoms with Crippen LogP contribution >= 0.6 is 11.3 Å². The second kappa shape index (κ2) is 5.27. The molecule has 0 radical (unpaired) electrons. The number of nitrogens with zero attached hydrogens (tertiary/aromatic N) is 3. The van der Waals surface area contributed by atoms with Gasteiger partial charge in [0.1, 0.15) is 11.5 Å². The van der Waals surface area contributed by atoms with Gasteiger partial charge in [-0.15, -0.1) is 11.3 Å². The SMILES string of the molecule is CCNc1nc(Nc2ccc3ncsc3c2)nc2[nH]ccc12. The van der Waals surface area contributed by atoms with Gasteiger partial charge in [0.25, 0.3) is 0 Å². The monoisotopic (exact) mass is 310 g/mol. The predicted octanol–water partition coefficient (Wildman–Crippen LogP) is 3.74. The van der Waals surface area contributed by atoms with E-state index in [0.29, 0.717) is 5.95 Å². The minimum Gasteiger partial charge on any atom is -0.370 e. The van der Waals surface area contributed by atoms with E-state index in [4.69, 9.17) is 0 Å². The quantitative estimate of drug-likeness (QED) is 0.535. The highest BCUT2D eigenvalue weighted by atomic mass is 32.1. The minimum absolute atomic E-state index is 0.565. The van der Waals surface area contributed by atoms with Crippen LogP contribution in [0, 0.1) is 0 Å². The molecule has 3 N–H and O–H groups in total. The molecular weight excluding hydrogens is 296 g/mol. The molecule has 0 spiro atoms. The molecule has 3 aromatic heterocycles. The van der Waals surface area contributed by atoms with Crippen molar-refractivity contribution in [3.05, 3.63) is 36.0 Å². The van der Waals surface area contributed by atoms with Crippen molar-refractivity contribution in [1.82, 2.24) is 19.9 Å². The highest BCUT2D eigenvalue weighted by Gasteiger charge is 2.08. The summed E-state index contributed by atoms with van der Waals surface area (Å²) in [5.41, 5.74) is 4.61. The lowest BCUT2D eigenvalue weighted by molar-refractivity contribution is 1.14. The fraction of sp³-hybridized carbons (Fsp3) is 0.133. The summed E-state index contributed by atoms with van der Waals surface area (Å²) in [5, 5.41) is 7.52. The van der Waals surface area contributed by atoms with Gasteiger partial charge in [-0.05, 0) is 31.2 Å². The summed E-state index contributed by atoms with van der Waals surface area (Å²) in [4.78, 5) is 16.5. The van der Waals surface area contributed by atoms with Crippen LogP contribution in [0.3, 0.4) is 0 Å². The molecule has 4 aromatic rings. The first kappa shape index (κ1) is 13.0. The number of aromatic amines is 1. The molecule has 6 nitrogen and oxygen atoms in total. The molecule has 0 aliphatic rings. The molecule has 0 aliphatic heterocycles. The summed E-state index contributed by atoms with van der Waals surface area (Å²) in [6.07, 6.45) is 1.87. The summed E-state index contributed by atoms with van der Waals surface area (Å²) < 4.78 is 1.14. The van der Waals surface area contributed by atoms with Crippen LogP contribution in [0.5, 0.6) is 0 Å². The van der Waals surface area contributed by atoms with Crippen molar-refractivity contribution >= 4 is 50.0 Å². The molecule has 0 aliphatic carbocycles. The predicted molar refractivity (Wildman–Crippen MR) is 91.0 cm³/mol. The van der Waals surface area contributed by atoms with Crippen molar-refractivity contribution in [2.24, 2.45) is 0 Å². The van der Waals surface area contributed by atoms with Crippen molar-refractivity contribution < 1.29 is 0 Å². The fourth-order valence-electron chi connectivity index (χ4n) is 2.36. The lowest BCUT2D eigenvalue weighted by Crippen LogP contribution is -2.04. The van der Waals surface area contributed by atoms with Crippen molar-refractivity contribution in [2.75, 3.05) is 17.2 Å². The summed E-state index contributed by atoms with van der Waals surface area (Å²) >= 11 is 1.62. The molecule has 110 valence electrons. The summed E-state index contributed by atoms with van der Waals surface area (Å²) in [5.74, 6) is 1.39. The second-order valence-corrected chi connectivity index (χ2v) is 5.71. The first-order chi connectivity index (χ1) is 10.8. The fourth-order valence-corrected chi connectivity index (χ4v) is 3.08. The lowest BCUT2D eigenvalue weighted by Gasteiger charge is -2.09. The number of hydrogen-bond donors (Lipinski definition) is 3. The first-order valence-electron chi connectivity index (χ1n) is 7.03. The smallest absolute Gasteiger partial charge is 0.231 e. The number of rotatable bonds is 4. The van der Waals surface area contributed by atoms with Crippen molar-refractivity contribution in [3.8, 4) is 0 Å². The van der Waals surface area contributed by atoms with Crippen molar-refractivity contribution in [1.29, 1.82) is 0 Å². The van der Waals surface area contributed by atoms with Crippen molar-refractivity contribution in [3.63, 3.8) is 0 Å². The average molecular weight is 310 g/mol. The summed E-state index contributed by atoms with van der Waals surface area (Å²) in [7, 11) is 0. The van der Waals surface area contributed by atoms with E-state index in [1.165, 1.54) is 0 Å². The Morgan fingerprint density at radius 3 is 3.09 bits per heavy atom. The number of aromatic nitrogens is 4. The molecule has 1 aromatic carbocycles. The van der Waals surface area contributed by atoms with E-state index >= 15 is 0 Å². The van der Waals surface area contributed by atoms with Gasteiger partial charge in [0.15, 0.2) is 0 Å². The maximum Gasteiger partial charge on any atom is 0.231 e. The number of benzene rings is 1. The van der Waals surface area contributed by atoms with E-state index in [-0.39, 0.29) is 0 Å². The van der Waals surface area contributed by atoms with E-state index in [0.717, 1.165) is 39.3 Å². The van der Waals surface area contributed by atoms with Gasteiger partial charge in [-0.1, -0.05) is 0 Å². The first-order valence-corrected chi connectivity index (χ1v) is 7.91. The van der Waals surface area contributed by atoms with Gasteiger partial charge in [-0.3, -0.25) is 0 Å². The van der Waals surface area contributed by atoms with Gasteiger partial charge < -0.3 is 15.6 Å². The Balaban J connectivity index is 1.73. The average Bonchev–Trinajstić information content (AvgIpc) is 3.15. The molecule has 0 fully saturated rings. The molecule has 22 heavy (non-hydrogen) atoms. The minimum atomic E-state index is 0.565. The largest absolute Gasteiger partial charge is 0.370 e. The summed E-state index contributed by atoms with van der Waals surface area (Å²) in [6, 6.07) is 8.01. The lowest BCUT2D eigenvalue weighted by atomic mass is 10.3. The number of H-pyrrole nitrogens is 1. The molecule has 0 saturated heterocycles. The molecule has 3 heterocycles. The second-order valence-electron chi connectivity index (χ2n) is 4.83. The third-order valence-corrected chi connectivity index (χ3v) is 4.14. The maximum absolute atomic E-state index is 4.56. The van der Waals surface area contributed by atoms with Crippen LogP contribution < -0.4 is 10.6 Å². The topological polar surface area (TPSA) is 78.5 Å². The zero-order valence-electron chi connectivity index (χ0n) is 11.9. The van der Waals surface area contributed by atoms with Crippen LogP contribution in [0.15, 0.2) is 36.0 Å². The molecule has 0 amide bonds. The van der Waals surface area contributed by atoms with Crippen LogP contribution in [0.1, 0.15) is 6.92 Å². The Kier molecular flexibility index (Phi) is 3.12. The number of anilines is 3. The Morgan fingerprint density at radius 1 is 1.23 bits per heavy atom. The van der Waals surface area contributed by atoms with Crippen molar-refractivity contribution in [2.45, 2.75) is 6.92 Å². The molecule has 0 saturated carbocycles. The van der Waals surface area contributed by atoms with E-state index in [1.807, 2.05) is 36.8 Å². The maximum atomic E-state index is 4.56. The third-order valence-electron chi connectivity index (χ3n) is 3.35. The van der Waals surface area contributed by atoms with Crippen LogP contribution in [0.25, 0.3) is 21.3 Å².